The van der Waals surface area contributed by atoms with Crippen LogP contribution in [0, 0.1) is 10.1 Å². The van der Waals surface area contributed by atoms with Crippen LogP contribution in [0.15, 0.2) is 29.2 Å². The van der Waals surface area contributed by atoms with Crippen LogP contribution in [0.5, 0.6) is 0 Å². The molecule has 14 nitrogen and oxygen atoms in total. The summed E-state index contributed by atoms with van der Waals surface area (Å²) < 4.78 is 53.1. The van der Waals surface area contributed by atoms with Crippen LogP contribution in [-0.2, 0) is 52.7 Å². The Kier molecular flexibility index (Phi) is 8.87. The third kappa shape index (κ3) is 6.95. The third-order valence-corrected chi connectivity index (χ3v) is 6.80. The van der Waals surface area contributed by atoms with E-state index >= 15 is 0 Å². The van der Waals surface area contributed by atoms with Gasteiger partial charge in [0.1, 0.15) is 12.7 Å². The molecule has 0 bridgehead atoms. The first-order valence-electron chi connectivity index (χ1n) is 10.0. The van der Waals surface area contributed by atoms with Crippen LogP contribution in [0.2, 0.25) is 0 Å². The predicted octanol–water partition coefficient (Wildman–Crippen LogP) is 0.452. The number of hydrogen-bond acceptors (Lipinski definition) is 13. The highest BCUT2D eigenvalue weighted by Crippen LogP contribution is 2.35. The summed E-state index contributed by atoms with van der Waals surface area (Å²) in [6.45, 7) is 3.47. The van der Waals surface area contributed by atoms with Crippen molar-refractivity contribution >= 4 is 39.4 Å². The minimum Gasteiger partial charge on any atom is -0.463 e. The molecule has 1 fully saturated rings. The van der Waals surface area contributed by atoms with E-state index in [4.69, 9.17) is 23.7 Å². The number of non-ortho nitro benzene ring substituents is 1. The lowest BCUT2D eigenvalue weighted by molar-refractivity contribution is -0.384. The van der Waals surface area contributed by atoms with Crippen molar-refractivity contribution in [2.24, 2.45) is 0 Å². The number of nitro benzene ring substituents is 1. The van der Waals surface area contributed by atoms with Crippen molar-refractivity contribution in [1.29, 1.82) is 0 Å². The number of ether oxygens (including phenoxy) is 5. The molecule has 0 aliphatic carbocycles. The number of nitrogens with zero attached hydrogens (tertiary/aromatic N) is 1. The van der Waals surface area contributed by atoms with E-state index in [-0.39, 0.29) is 0 Å². The van der Waals surface area contributed by atoms with Gasteiger partial charge in [0.05, 0.1) is 9.82 Å². The van der Waals surface area contributed by atoms with Gasteiger partial charge >= 0.3 is 23.9 Å². The van der Waals surface area contributed by atoms with Gasteiger partial charge in [0.15, 0.2) is 27.3 Å². The van der Waals surface area contributed by atoms with E-state index in [0.717, 1.165) is 52.0 Å². The summed E-state index contributed by atoms with van der Waals surface area (Å²) in [5, 5.41) is 8.98. The zero-order valence-electron chi connectivity index (χ0n) is 19.1. The predicted molar refractivity (Wildman–Crippen MR) is 112 cm³/mol. The summed E-state index contributed by atoms with van der Waals surface area (Å²) in [6, 6.07) is 3.75. The summed E-state index contributed by atoms with van der Waals surface area (Å²) >= 11 is 0. The molecule has 1 aromatic rings. The van der Waals surface area contributed by atoms with Gasteiger partial charge in [-0.1, -0.05) is 0 Å². The number of sulfone groups is 1. The molecule has 1 heterocycles. The molecule has 0 radical (unpaired) electrons. The maximum absolute atomic E-state index is 13.6. The Morgan fingerprint density at radius 1 is 0.886 bits per heavy atom. The third-order valence-electron chi connectivity index (χ3n) is 4.66. The monoisotopic (exact) mass is 517 g/mol. The minimum atomic E-state index is -4.62. The first-order valence-corrected chi connectivity index (χ1v) is 11.6. The average Bonchev–Trinajstić information content (AvgIpc) is 2.73. The molecule has 192 valence electrons. The van der Waals surface area contributed by atoms with Gasteiger partial charge in [0.2, 0.25) is 6.29 Å². The Morgan fingerprint density at radius 2 is 1.40 bits per heavy atom. The summed E-state index contributed by atoms with van der Waals surface area (Å²) in [4.78, 5) is 56.5. The van der Waals surface area contributed by atoms with Crippen molar-refractivity contribution < 1.29 is 56.2 Å². The number of nitro groups is 1. The van der Waals surface area contributed by atoms with Gasteiger partial charge in [-0.25, -0.2) is 8.42 Å². The van der Waals surface area contributed by atoms with Gasteiger partial charge in [-0.15, -0.1) is 0 Å². The fourth-order valence-corrected chi connectivity index (χ4v) is 5.18. The molecule has 0 aromatic heterocycles. The lowest BCUT2D eigenvalue weighted by Crippen LogP contribution is -2.64. The average molecular weight is 517 g/mol. The number of benzene rings is 1. The van der Waals surface area contributed by atoms with Crippen molar-refractivity contribution in [1.82, 2.24) is 0 Å². The van der Waals surface area contributed by atoms with Gasteiger partial charge in [0.25, 0.3) is 5.69 Å². The molecule has 1 saturated heterocycles. The van der Waals surface area contributed by atoms with Gasteiger partial charge < -0.3 is 23.7 Å². The van der Waals surface area contributed by atoms with Crippen molar-refractivity contribution in [2.75, 3.05) is 6.61 Å². The van der Waals surface area contributed by atoms with Gasteiger partial charge in [-0.3, -0.25) is 29.3 Å². The number of carbonyl (C=O) groups is 4. The van der Waals surface area contributed by atoms with Crippen LogP contribution in [0.25, 0.3) is 0 Å². The van der Waals surface area contributed by atoms with Crippen molar-refractivity contribution in [3.8, 4) is 0 Å². The molecular weight excluding hydrogens is 494 g/mol. The number of rotatable bonds is 8. The maximum Gasteiger partial charge on any atom is 0.304 e. The molecule has 5 atom stereocenters. The van der Waals surface area contributed by atoms with Gasteiger partial charge in [0, 0.05) is 39.8 Å². The molecule has 0 saturated carbocycles. The minimum absolute atomic E-state index is 0.392. The van der Waals surface area contributed by atoms with Gasteiger partial charge in [-0.05, 0) is 12.1 Å². The van der Waals surface area contributed by atoms with E-state index in [1.165, 1.54) is 0 Å². The zero-order chi connectivity index (χ0) is 26.5. The Bertz CT molecular complexity index is 1100. The molecule has 0 amide bonds. The highest BCUT2D eigenvalue weighted by molar-refractivity contribution is 7.92. The molecule has 2 rings (SSSR count). The topological polar surface area (TPSA) is 192 Å². The number of hydrogen-bond donors (Lipinski definition) is 0. The fourth-order valence-electron chi connectivity index (χ4n) is 3.37. The van der Waals surface area contributed by atoms with E-state index < -0.39 is 85.7 Å². The highest BCUT2D eigenvalue weighted by atomic mass is 32.2. The van der Waals surface area contributed by atoms with Crippen LogP contribution in [0.1, 0.15) is 27.7 Å². The summed E-state index contributed by atoms with van der Waals surface area (Å²) in [5.41, 5.74) is -0.392. The standard InChI is InChI=1S/C20H23NO13S/c1-10(22)30-9-16-17(31-11(2)23)18(32-12(3)24)19(20(34-16)33-13(4)25)35(28,29)15-7-5-14(6-8-15)21(26)27/h5-8,16-20H,9H2,1-4H3/t16-,17+,18+,19-,20-/m1/s1. The number of carbonyl (C=O) groups excluding carboxylic acids is 4. The van der Waals surface area contributed by atoms with E-state index in [1.54, 1.807) is 0 Å². The number of esters is 4. The summed E-state index contributed by atoms with van der Waals surface area (Å²) in [7, 11) is -4.62. The first-order chi connectivity index (χ1) is 16.2. The lowest BCUT2D eigenvalue weighted by Gasteiger charge is -2.43. The van der Waals surface area contributed by atoms with Crippen LogP contribution >= 0.6 is 0 Å². The molecule has 1 aliphatic rings. The lowest BCUT2D eigenvalue weighted by atomic mass is 10.0. The smallest absolute Gasteiger partial charge is 0.304 e. The van der Waals surface area contributed by atoms with E-state index in [0.29, 0.717) is 0 Å². The Hall–Kier alpha value is -3.59. The van der Waals surface area contributed by atoms with Crippen molar-refractivity contribution in [2.45, 2.75) is 62.4 Å². The molecule has 1 aliphatic heterocycles. The molecule has 0 N–H and O–H groups in total. The molecular formula is C20H23NO13S. The molecule has 0 unspecified atom stereocenters. The Labute approximate surface area is 199 Å². The van der Waals surface area contributed by atoms with E-state index in [1.807, 2.05) is 0 Å². The van der Waals surface area contributed by atoms with Crippen molar-refractivity contribution in [3.05, 3.63) is 34.4 Å². The molecule has 1 aromatic carbocycles. The second kappa shape index (κ2) is 11.2. The zero-order valence-corrected chi connectivity index (χ0v) is 19.9. The fraction of sp³-hybridized carbons (Fsp3) is 0.500. The maximum atomic E-state index is 13.6. The van der Waals surface area contributed by atoms with E-state index in [9.17, 15) is 37.7 Å². The van der Waals surface area contributed by atoms with E-state index in [2.05, 4.69) is 0 Å². The molecule has 15 heteroatoms. The highest BCUT2D eigenvalue weighted by Gasteiger charge is 2.57. The quantitative estimate of drug-likeness (QED) is 0.200. The Morgan fingerprint density at radius 3 is 1.86 bits per heavy atom. The second-order valence-electron chi connectivity index (χ2n) is 7.36. The van der Waals surface area contributed by atoms with Crippen molar-refractivity contribution in [3.63, 3.8) is 0 Å². The van der Waals surface area contributed by atoms with Crippen LogP contribution in [0.4, 0.5) is 5.69 Å². The normalized spacial score (nSPS) is 24.1. The van der Waals surface area contributed by atoms with Crippen LogP contribution in [0.3, 0.4) is 0 Å². The van der Waals surface area contributed by atoms with Crippen LogP contribution in [-0.4, -0.2) is 73.7 Å². The Balaban J connectivity index is 2.66. The second-order valence-corrected chi connectivity index (χ2v) is 9.47. The van der Waals surface area contributed by atoms with Gasteiger partial charge in [-0.2, -0.15) is 0 Å². The van der Waals surface area contributed by atoms with Crippen LogP contribution < -0.4 is 0 Å². The molecule has 35 heavy (non-hydrogen) atoms. The largest absolute Gasteiger partial charge is 0.463 e. The SMILES string of the molecule is CC(=O)OC[C@H]1O[C@@H](OC(C)=O)[C@H](S(=O)(=O)c2ccc([N+](=O)[O-])cc2)[C@@H](OC(C)=O)[C@H]1OC(C)=O. The molecule has 0 spiro atoms. The summed E-state index contributed by atoms with van der Waals surface area (Å²) in [5.74, 6) is -3.58. The summed E-state index contributed by atoms with van der Waals surface area (Å²) in [6.07, 6.45) is -6.67. The first kappa shape index (κ1) is 27.7.